The van der Waals surface area contributed by atoms with Gasteiger partial charge in [0.05, 0.1) is 42.7 Å². The first kappa shape index (κ1) is 80.7. The molecule has 2 heterocycles. The lowest BCUT2D eigenvalue weighted by Crippen LogP contribution is -2.60. The average molecular weight is 1330 g/mol. The van der Waals surface area contributed by atoms with Crippen LogP contribution < -0.4 is 26.6 Å². The smallest absolute Gasteiger partial charge is 0.410 e. The molecule has 0 radical (unpaired) electrons. The number of amides is 10. The van der Waals surface area contributed by atoms with Crippen molar-refractivity contribution in [3.05, 3.63) is 48.0 Å². The number of rotatable bonds is 41. The second kappa shape index (κ2) is 39.4. The van der Waals surface area contributed by atoms with Crippen molar-refractivity contribution in [1.82, 2.24) is 51.1 Å². The molecule has 1 aromatic rings. The number of hydrogen-bond donors (Lipinski definition) is 7. The lowest BCUT2D eigenvalue weighted by Gasteiger charge is -2.41. The monoisotopic (exact) mass is 1320 g/mol. The molecule has 7 N–H and O–H groups in total. The number of methoxy groups -OCH3 is 2. The van der Waals surface area contributed by atoms with Gasteiger partial charge >= 0.3 is 18.0 Å². The molecule has 2 aliphatic heterocycles. The predicted molar refractivity (Wildman–Crippen MR) is 350 cm³/mol. The van der Waals surface area contributed by atoms with Crippen LogP contribution in [0.2, 0.25) is 0 Å². The molecule has 11 atom stereocenters. The highest BCUT2D eigenvalue weighted by Gasteiger charge is 2.44. The lowest BCUT2D eigenvalue weighted by atomic mass is 9.89. The molecule has 3 rings (SSSR count). The maximum atomic E-state index is 14.8. The molecule has 27 nitrogen and oxygen atoms in total. The van der Waals surface area contributed by atoms with E-state index in [4.69, 9.17) is 14.2 Å². The highest BCUT2D eigenvalue weighted by atomic mass is 16.6. The molecule has 0 spiro atoms. The number of imide groups is 1. The summed E-state index contributed by atoms with van der Waals surface area (Å²) in [5, 5.41) is 33.2. The quantitative estimate of drug-likeness (QED) is 0.0361. The second-order valence-electron chi connectivity index (χ2n) is 26.5. The number of hydrogen-bond acceptors (Lipinski definition) is 16. The highest BCUT2D eigenvalue weighted by molar-refractivity contribution is 6.13. The number of aliphatic carboxylic acids is 2. The largest absolute Gasteiger partial charge is 0.481 e. The van der Waals surface area contributed by atoms with Crippen LogP contribution in [-0.2, 0) is 73.4 Å². The third-order valence-corrected chi connectivity index (χ3v) is 17.3. The van der Waals surface area contributed by atoms with Crippen molar-refractivity contribution in [2.45, 2.75) is 213 Å². The third-order valence-electron chi connectivity index (χ3n) is 17.3. The average Bonchev–Trinajstić information content (AvgIpc) is 1.21. The van der Waals surface area contributed by atoms with Crippen molar-refractivity contribution >= 4 is 71.2 Å². The van der Waals surface area contributed by atoms with E-state index < -0.39 is 132 Å². The van der Waals surface area contributed by atoms with Gasteiger partial charge in [0.2, 0.25) is 41.4 Å². The van der Waals surface area contributed by atoms with Crippen molar-refractivity contribution < 1.29 is 82.0 Å². The number of likely N-dealkylation sites (N-methyl/N-ethyl adjacent to an activating group) is 2. The number of carboxylic acids is 2. The Morgan fingerprint density at radius 3 is 1.88 bits per heavy atom. The number of unbranched alkanes of at least 4 members (excludes halogenated alkanes) is 2. The standard InChI is InChI=1S/C67H108N10O17/c1-16-43(6)58(75(13)64(88)56(41(2)3)72-63(87)57(42(4)5)73(11)35-22-23-36-74(12)66(91)94-67(8,9)10)50(92-14)40-54(81)76-37-24-28-49(76)59(93-15)44(7)60(84)71-48(39-45-25-18-17-19-26-45)62(86)69-46(29-32-55(82)83)61(85)70-47(65(89)90)27-20-21-34-68-51(78)33-38-77-52(79)30-31-53(77)80/h17-19,25-26,30-31,41-44,46-50,56-59H,16,20-24,27-29,32-40H2,1-15H3,(H,68,78)(H,69,86)(H,70,85)(H,71,84)(H,72,87)(H,82,83)(H,89,90)/t43-,44+,46-,47-,48?,49-,50+,56-,57-,58-,59+/m0/s1. The molecule has 0 aromatic heterocycles. The number of ether oxygens (including phenoxy) is 3. The summed E-state index contributed by atoms with van der Waals surface area (Å²) in [7, 11) is 8.12. The first-order valence-electron chi connectivity index (χ1n) is 32.9. The number of benzene rings is 1. The number of nitrogens with zero attached hydrogens (tertiary/aromatic N) is 5. The third kappa shape index (κ3) is 25.7. The first-order chi connectivity index (χ1) is 44.2. The molecule has 0 saturated carbocycles. The van der Waals surface area contributed by atoms with E-state index in [0.717, 1.165) is 17.1 Å². The van der Waals surface area contributed by atoms with Crippen molar-refractivity contribution in [2.24, 2.45) is 23.7 Å². The Labute approximate surface area is 554 Å². The van der Waals surface area contributed by atoms with Gasteiger partial charge in [-0.2, -0.15) is 0 Å². The van der Waals surface area contributed by atoms with Crippen molar-refractivity contribution in [3.63, 3.8) is 0 Å². The van der Waals surface area contributed by atoms with E-state index in [1.54, 1.807) is 61.2 Å². The van der Waals surface area contributed by atoms with Gasteiger partial charge < -0.3 is 65.7 Å². The van der Waals surface area contributed by atoms with E-state index in [1.807, 2.05) is 74.3 Å². The van der Waals surface area contributed by atoms with Crippen LogP contribution in [0.15, 0.2) is 42.5 Å². The summed E-state index contributed by atoms with van der Waals surface area (Å²) in [5.41, 5.74) is -0.00254. The van der Waals surface area contributed by atoms with Crippen LogP contribution in [0.25, 0.3) is 0 Å². The summed E-state index contributed by atoms with van der Waals surface area (Å²) in [6.07, 6.45) is 2.04. The summed E-state index contributed by atoms with van der Waals surface area (Å²) in [6, 6.07) is 1.49. The number of carboxylic acid groups (broad SMARTS) is 2. The molecule has 1 fully saturated rings. The van der Waals surface area contributed by atoms with Crippen LogP contribution in [-0.4, -0.2) is 234 Å². The zero-order valence-corrected chi connectivity index (χ0v) is 58.0. The van der Waals surface area contributed by atoms with E-state index in [-0.39, 0.29) is 87.1 Å². The molecule has 10 amide bonds. The van der Waals surface area contributed by atoms with Crippen LogP contribution in [0.1, 0.15) is 152 Å². The van der Waals surface area contributed by atoms with Crippen LogP contribution >= 0.6 is 0 Å². The molecule has 0 bridgehead atoms. The van der Waals surface area contributed by atoms with Crippen molar-refractivity contribution in [2.75, 3.05) is 68.1 Å². The Hall–Kier alpha value is -7.52. The Bertz CT molecular complexity index is 2720. The fourth-order valence-corrected chi connectivity index (χ4v) is 11.9. The van der Waals surface area contributed by atoms with Gasteiger partial charge in [-0.1, -0.05) is 85.2 Å². The zero-order valence-electron chi connectivity index (χ0n) is 58.0. The minimum atomic E-state index is -1.57. The van der Waals surface area contributed by atoms with Crippen molar-refractivity contribution in [3.8, 4) is 0 Å². The molecule has 528 valence electrons. The van der Waals surface area contributed by atoms with Crippen LogP contribution in [0.3, 0.4) is 0 Å². The van der Waals surface area contributed by atoms with Gasteiger partial charge in [0, 0.05) is 85.9 Å². The number of carbonyl (C=O) groups is 12. The van der Waals surface area contributed by atoms with Gasteiger partial charge in [-0.05, 0) is 109 Å². The molecule has 94 heavy (non-hydrogen) atoms. The summed E-state index contributed by atoms with van der Waals surface area (Å²) in [4.78, 5) is 167. The normalized spacial score (nSPS) is 17.3. The van der Waals surface area contributed by atoms with E-state index in [9.17, 15) is 67.7 Å². The fraction of sp³-hybridized carbons (Fsp3) is 0.701. The number of carbonyl (C=O) groups excluding carboxylic acids is 10. The van der Waals surface area contributed by atoms with Gasteiger partial charge in [-0.25, -0.2) is 9.59 Å². The molecular weight excluding hydrogens is 1220 g/mol. The van der Waals surface area contributed by atoms with Crippen LogP contribution in [0.5, 0.6) is 0 Å². The predicted octanol–water partition coefficient (Wildman–Crippen LogP) is 3.90. The van der Waals surface area contributed by atoms with Gasteiger partial charge in [0.15, 0.2) is 0 Å². The van der Waals surface area contributed by atoms with E-state index in [2.05, 4.69) is 26.6 Å². The van der Waals surface area contributed by atoms with Gasteiger partial charge in [0.25, 0.3) is 11.8 Å². The van der Waals surface area contributed by atoms with Crippen molar-refractivity contribution in [1.29, 1.82) is 0 Å². The van der Waals surface area contributed by atoms with Gasteiger partial charge in [0.1, 0.15) is 29.8 Å². The SMILES string of the molecule is CC[C@H](C)[C@@H]([C@@H](CC(=O)N1CCC[C@H]1[C@H](OC)[C@@H](C)C(=O)NC(Cc1ccccc1)C(=O)N[C@@H](CCC(=O)O)C(=O)N[C@@H](CCCCNC(=O)CCN1C(=O)C=CC1=O)C(=O)O)OC)N(C)C(=O)[C@@H](NC(=O)[C@H](C(C)C)N(C)CCCCN(C)C(=O)OC(C)(C)C)C(C)C. The summed E-state index contributed by atoms with van der Waals surface area (Å²) >= 11 is 0. The molecular formula is C67H108N10O17. The first-order valence-corrected chi connectivity index (χ1v) is 32.9. The highest BCUT2D eigenvalue weighted by Crippen LogP contribution is 2.30. The number of likely N-dealkylation sites (tertiary alicyclic amines) is 1. The summed E-state index contributed by atoms with van der Waals surface area (Å²) in [5.74, 6) is -9.29. The van der Waals surface area contributed by atoms with E-state index in [0.29, 0.717) is 57.3 Å². The topological polar surface area (TPSA) is 349 Å². The Morgan fingerprint density at radius 1 is 0.713 bits per heavy atom. The molecule has 1 unspecified atom stereocenters. The Balaban J connectivity index is 1.77. The molecule has 1 saturated heterocycles. The minimum Gasteiger partial charge on any atom is -0.481 e. The molecule has 0 aliphatic carbocycles. The maximum Gasteiger partial charge on any atom is 0.410 e. The second-order valence-corrected chi connectivity index (χ2v) is 26.5. The fourth-order valence-electron chi connectivity index (χ4n) is 11.9. The van der Waals surface area contributed by atoms with Gasteiger partial charge in [-0.15, -0.1) is 0 Å². The molecule has 27 heteroatoms. The van der Waals surface area contributed by atoms with Gasteiger partial charge in [-0.3, -0.25) is 57.7 Å². The summed E-state index contributed by atoms with van der Waals surface area (Å²) in [6.45, 7) is 20.0. The summed E-state index contributed by atoms with van der Waals surface area (Å²) < 4.78 is 17.6. The minimum absolute atomic E-state index is 0.0871. The molecule has 1 aromatic carbocycles. The van der Waals surface area contributed by atoms with E-state index in [1.165, 1.54) is 19.1 Å². The lowest BCUT2D eigenvalue weighted by molar-refractivity contribution is -0.148. The number of nitrogens with one attached hydrogen (secondary N) is 5. The maximum absolute atomic E-state index is 14.8. The van der Waals surface area contributed by atoms with Crippen LogP contribution in [0, 0.1) is 23.7 Å². The van der Waals surface area contributed by atoms with Crippen LogP contribution in [0.4, 0.5) is 4.79 Å². The Morgan fingerprint density at radius 2 is 1.32 bits per heavy atom. The Kier molecular flexibility index (Phi) is 33.8. The van der Waals surface area contributed by atoms with E-state index >= 15 is 0 Å². The molecule has 2 aliphatic rings. The zero-order chi connectivity index (χ0) is 70.7.